The van der Waals surface area contributed by atoms with Gasteiger partial charge < -0.3 is 5.32 Å². The van der Waals surface area contributed by atoms with Crippen molar-refractivity contribution in [1.29, 1.82) is 0 Å². The van der Waals surface area contributed by atoms with E-state index in [4.69, 9.17) is 5.14 Å². The zero-order chi connectivity index (χ0) is 15.5. The number of halogens is 2. The second-order valence-corrected chi connectivity index (χ2v) is 7.12. The summed E-state index contributed by atoms with van der Waals surface area (Å²) in [5.41, 5.74) is 1.92. The second kappa shape index (κ2) is 6.55. The van der Waals surface area contributed by atoms with E-state index in [1.54, 1.807) is 36.4 Å². The third-order valence-corrected chi connectivity index (χ3v) is 4.04. The second-order valence-electron chi connectivity index (χ2n) is 4.59. The molecular weight excluding hydrogens is 359 g/mol. The van der Waals surface area contributed by atoms with Crippen LogP contribution in [0.2, 0.25) is 0 Å². The molecule has 0 spiro atoms. The number of hydrogen-bond donors (Lipinski definition) is 2. The number of rotatable bonds is 5. The Bertz CT molecular complexity index is 733. The van der Waals surface area contributed by atoms with Crippen LogP contribution in [0.15, 0.2) is 46.9 Å². The highest BCUT2D eigenvalue weighted by molar-refractivity contribution is 9.10. The van der Waals surface area contributed by atoms with Crippen molar-refractivity contribution in [3.8, 4) is 0 Å². The standard InChI is InChI=1S/C14H14BrFN2O2S/c15-12-3-6-14(16)11(7-12)8-18-13-4-1-10(2-5-13)9-21(17,19)20/h1-7,18H,8-9H2,(H2,17,19,20). The van der Waals surface area contributed by atoms with Gasteiger partial charge in [-0.25, -0.2) is 17.9 Å². The fraction of sp³-hybridized carbons (Fsp3) is 0.143. The van der Waals surface area contributed by atoms with Crippen LogP contribution in [0.3, 0.4) is 0 Å². The fourth-order valence-corrected chi connectivity index (χ4v) is 2.89. The highest BCUT2D eigenvalue weighted by Gasteiger charge is 2.05. The average Bonchev–Trinajstić information content (AvgIpc) is 2.40. The van der Waals surface area contributed by atoms with Crippen LogP contribution in [0.4, 0.5) is 10.1 Å². The molecule has 0 atom stereocenters. The highest BCUT2D eigenvalue weighted by atomic mass is 79.9. The first-order valence-corrected chi connectivity index (χ1v) is 8.61. The Kier molecular flexibility index (Phi) is 4.97. The number of benzene rings is 2. The molecule has 0 amide bonds. The number of anilines is 1. The first-order chi connectivity index (χ1) is 9.83. The smallest absolute Gasteiger partial charge is 0.213 e. The van der Waals surface area contributed by atoms with Gasteiger partial charge in [0, 0.05) is 22.3 Å². The van der Waals surface area contributed by atoms with Crippen molar-refractivity contribution in [2.75, 3.05) is 5.32 Å². The minimum absolute atomic E-state index is 0.201. The fourth-order valence-electron chi connectivity index (χ4n) is 1.83. The van der Waals surface area contributed by atoms with Gasteiger partial charge in [0.05, 0.1) is 5.75 Å². The molecule has 0 bridgehead atoms. The Morgan fingerprint density at radius 1 is 1.14 bits per heavy atom. The van der Waals surface area contributed by atoms with Gasteiger partial charge >= 0.3 is 0 Å². The molecule has 0 saturated carbocycles. The normalized spacial score (nSPS) is 11.4. The predicted molar refractivity (Wildman–Crippen MR) is 84.7 cm³/mol. The molecule has 0 aliphatic rings. The van der Waals surface area contributed by atoms with Crippen molar-refractivity contribution in [2.45, 2.75) is 12.3 Å². The molecule has 2 aromatic carbocycles. The van der Waals surface area contributed by atoms with E-state index in [-0.39, 0.29) is 11.6 Å². The number of nitrogens with one attached hydrogen (secondary N) is 1. The molecule has 112 valence electrons. The lowest BCUT2D eigenvalue weighted by atomic mass is 10.2. The van der Waals surface area contributed by atoms with Crippen molar-refractivity contribution in [1.82, 2.24) is 0 Å². The number of sulfonamides is 1. The molecule has 4 nitrogen and oxygen atoms in total. The molecule has 2 aromatic rings. The van der Waals surface area contributed by atoms with Crippen LogP contribution >= 0.6 is 15.9 Å². The third-order valence-electron chi connectivity index (χ3n) is 2.81. The SMILES string of the molecule is NS(=O)(=O)Cc1ccc(NCc2cc(Br)ccc2F)cc1. The van der Waals surface area contributed by atoms with Gasteiger partial charge in [0.25, 0.3) is 0 Å². The van der Waals surface area contributed by atoms with E-state index in [0.717, 1.165) is 10.2 Å². The van der Waals surface area contributed by atoms with Crippen LogP contribution in [-0.4, -0.2) is 8.42 Å². The van der Waals surface area contributed by atoms with Crippen molar-refractivity contribution >= 4 is 31.6 Å². The number of primary sulfonamides is 1. The van der Waals surface area contributed by atoms with Crippen molar-refractivity contribution in [3.63, 3.8) is 0 Å². The Labute approximate surface area is 131 Å². The van der Waals surface area contributed by atoms with E-state index in [9.17, 15) is 12.8 Å². The summed E-state index contributed by atoms with van der Waals surface area (Å²) >= 11 is 3.30. The van der Waals surface area contributed by atoms with E-state index >= 15 is 0 Å². The molecule has 7 heteroatoms. The molecule has 0 aromatic heterocycles. The van der Waals surface area contributed by atoms with Gasteiger partial charge in [-0.05, 0) is 35.9 Å². The topological polar surface area (TPSA) is 72.2 Å². The quantitative estimate of drug-likeness (QED) is 0.847. The van der Waals surface area contributed by atoms with Crippen LogP contribution in [-0.2, 0) is 22.3 Å². The van der Waals surface area contributed by atoms with Crippen LogP contribution in [0.25, 0.3) is 0 Å². The van der Waals surface area contributed by atoms with E-state index in [1.807, 2.05) is 0 Å². The molecule has 0 unspecified atom stereocenters. The molecule has 0 aliphatic heterocycles. The molecule has 2 rings (SSSR count). The summed E-state index contributed by atoms with van der Waals surface area (Å²) in [5, 5.41) is 8.06. The van der Waals surface area contributed by atoms with Gasteiger partial charge in [-0.3, -0.25) is 0 Å². The lowest BCUT2D eigenvalue weighted by molar-refractivity contribution is 0.597. The maximum Gasteiger partial charge on any atom is 0.213 e. The lowest BCUT2D eigenvalue weighted by Gasteiger charge is -2.09. The summed E-state index contributed by atoms with van der Waals surface area (Å²) in [5.74, 6) is -0.482. The third kappa shape index (κ3) is 5.11. The molecule has 0 fully saturated rings. The maximum atomic E-state index is 13.6. The average molecular weight is 373 g/mol. The number of nitrogens with two attached hydrogens (primary N) is 1. The molecule has 0 aliphatic carbocycles. The minimum atomic E-state index is -3.53. The van der Waals surface area contributed by atoms with Gasteiger partial charge in [0.1, 0.15) is 5.82 Å². The van der Waals surface area contributed by atoms with Gasteiger partial charge in [-0.15, -0.1) is 0 Å². The van der Waals surface area contributed by atoms with Crippen LogP contribution in [0.5, 0.6) is 0 Å². The predicted octanol–water partition coefficient (Wildman–Crippen LogP) is 2.99. The summed E-state index contributed by atoms with van der Waals surface area (Å²) < 4.78 is 36.4. The summed E-state index contributed by atoms with van der Waals surface area (Å²) in [6.45, 7) is 0.333. The van der Waals surface area contributed by atoms with Crippen LogP contribution < -0.4 is 10.5 Å². The Morgan fingerprint density at radius 3 is 2.43 bits per heavy atom. The van der Waals surface area contributed by atoms with Gasteiger partial charge in [0.2, 0.25) is 10.0 Å². The van der Waals surface area contributed by atoms with E-state index < -0.39 is 10.0 Å². The van der Waals surface area contributed by atoms with Crippen molar-refractivity contribution in [3.05, 3.63) is 63.9 Å². The molecule has 0 radical (unpaired) electrons. The van der Waals surface area contributed by atoms with Gasteiger partial charge in [0.15, 0.2) is 0 Å². The summed E-state index contributed by atoms with van der Waals surface area (Å²) in [6.07, 6.45) is 0. The molecule has 3 N–H and O–H groups in total. The van der Waals surface area contributed by atoms with E-state index in [1.165, 1.54) is 6.07 Å². The van der Waals surface area contributed by atoms with E-state index in [0.29, 0.717) is 17.7 Å². The first-order valence-electron chi connectivity index (χ1n) is 6.11. The van der Waals surface area contributed by atoms with Crippen LogP contribution in [0.1, 0.15) is 11.1 Å². The Balaban J connectivity index is 2.02. The van der Waals surface area contributed by atoms with Gasteiger partial charge in [-0.2, -0.15) is 0 Å². The number of hydrogen-bond acceptors (Lipinski definition) is 3. The van der Waals surface area contributed by atoms with Crippen molar-refractivity contribution < 1.29 is 12.8 Å². The zero-order valence-electron chi connectivity index (χ0n) is 11.0. The zero-order valence-corrected chi connectivity index (χ0v) is 13.4. The minimum Gasteiger partial charge on any atom is -0.381 e. The highest BCUT2D eigenvalue weighted by Crippen LogP contribution is 2.18. The maximum absolute atomic E-state index is 13.6. The molecule has 0 saturated heterocycles. The van der Waals surface area contributed by atoms with Crippen molar-refractivity contribution in [2.24, 2.45) is 5.14 Å². The largest absolute Gasteiger partial charge is 0.381 e. The molecule has 0 heterocycles. The van der Waals surface area contributed by atoms with E-state index in [2.05, 4.69) is 21.2 Å². The van der Waals surface area contributed by atoms with Gasteiger partial charge in [-0.1, -0.05) is 28.1 Å². The monoisotopic (exact) mass is 372 g/mol. The van der Waals surface area contributed by atoms with Crippen LogP contribution in [0, 0.1) is 5.82 Å². The summed E-state index contributed by atoms with van der Waals surface area (Å²) in [4.78, 5) is 0. The summed E-state index contributed by atoms with van der Waals surface area (Å²) in [6, 6.07) is 11.6. The Hall–Kier alpha value is -1.44. The summed E-state index contributed by atoms with van der Waals surface area (Å²) in [7, 11) is -3.53. The first kappa shape index (κ1) is 15.9. The molecule has 21 heavy (non-hydrogen) atoms. The molecular formula is C14H14BrFN2O2S. The lowest BCUT2D eigenvalue weighted by Crippen LogP contribution is -2.14. The Morgan fingerprint density at radius 2 is 1.81 bits per heavy atom.